The Bertz CT molecular complexity index is 1780. The van der Waals surface area contributed by atoms with Gasteiger partial charge in [-0.3, -0.25) is 9.98 Å². The first-order chi connectivity index (χ1) is 19.7. The van der Waals surface area contributed by atoms with E-state index in [1.165, 1.54) is 0 Å². The molecule has 198 valence electrons. The second-order valence-electron chi connectivity index (χ2n) is 9.97. The summed E-state index contributed by atoms with van der Waals surface area (Å²) in [6.07, 6.45) is 22.5. The van der Waals surface area contributed by atoms with Gasteiger partial charge in [-0.15, -0.1) is 0 Å². The first-order valence-corrected chi connectivity index (χ1v) is 13.7. The van der Waals surface area contributed by atoms with Gasteiger partial charge in [0.1, 0.15) is 17.0 Å². The topological polar surface area (TPSA) is 43.1 Å². The number of allylic oxidation sites excluding steroid dienone is 10. The Balaban J connectivity index is 1.83. The van der Waals surface area contributed by atoms with Crippen LogP contribution in [0.25, 0.3) is 27.5 Å². The van der Waals surface area contributed by atoms with Gasteiger partial charge in [0.25, 0.3) is 0 Å². The monoisotopic (exact) mass is 526 g/mol. The average Bonchev–Trinajstić information content (AvgIpc) is 3.33. The zero-order valence-electron chi connectivity index (χ0n) is 22.6. The van der Waals surface area contributed by atoms with Crippen molar-refractivity contribution in [3.8, 4) is 0 Å². The summed E-state index contributed by atoms with van der Waals surface area (Å²) in [5, 5.41) is 1.95. The van der Waals surface area contributed by atoms with E-state index in [0.717, 1.165) is 51.5 Å². The third-order valence-corrected chi connectivity index (χ3v) is 7.67. The number of aromatic nitrogens is 3. The lowest BCUT2D eigenvalue weighted by atomic mass is 9.73. The maximum atomic E-state index is 15.0. The van der Waals surface area contributed by atoms with Gasteiger partial charge in [-0.05, 0) is 54.7 Å². The van der Waals surface area contributed by atoms with Crippen LogP contribution in [-0.2, 0) is 5.54 Å². The van der Waals surface area contributed by atoms with Crippen molar-refractivity contribution in [3.05, 3.63) is 138 Å². The van der Waals surface area contributed by atoms with Crippen molar-refractivity contribution in [3.63, 3.8) is 0 Å². The van der Waals surface area contributed by atoms with Gasteiger partial charge in [0, 0.05) is 47.9 Å². The second kappa shape index (κ2) is 10.9. The number of aliphatic imine (C=N–C) groups is 1. The van der Waals surface area contributed by atoms with Crippen molar-refractivity contribution in [2.24, 2.45) is 4.99 Å². The molecule has 4 aromatic rings. The fourth-order valence-electron chi connectivity index (χ4n) is 6.00. The van der Waals surface area contributed by atoms with Crippen LogP contribution >= 0.6 is 0 Å². The largest absolute Gasteiger partial charge is 0.307 e. The van der Waals surface area contributed by atoms with E-state index in [9.17, 15) is 0 Å². The van der Waals surface area contributed by atoms with Crippen LogP contribution in [0.1, 0.15) is 37.4 Å². The van der Waals surface area contributed by atoms with E-state index in [1.807, 2.05) is 49.7 Å². The summed E-state index contributed by atoms with van der Waals surface area (Å²) in [5.74, 6) is -0.181. The Hall–Kier alpha value is -4.64. The molecule has 2 aliphatic rings. The number of dihydropyridines is 1. The minimum atomic E-state index is -0.792. The van der Waals surface area contributed by atoms with Crippen LogP contribution in [0, 0.1) is 0 Å². The molecular weight excluding hydrogens is 495 g/mol. The molecule has 0 saturated heterocycles. The van der Waals surface area contributed by atoms with E-state index in [-0.39, 0.29) is 12.2 Å². The predicted molar refractivity (Wildman–Crippen MR) is 164 cm³/mol. The van der Waals surface area contributed by atoms with Crippen LogP contribution in [0.2, 0.25) is 0 Å². The molecule has 1 atom stereocenters. The van der Waals surface area contributed by atoms with Crippen molar-refractivity contribution in [1.29, 1.82) is 0 Å². The lowest BCUT2D eigenvalue weighted by Crippen LogP contribution is -2.39. The number of benzene rings is 1. The SMILES string of the molecule is C=C/C=C(\C=C/C)C(C1=CCCC=C1)(c1ccccc1)n1c2ccncc2c2ccc(C3=C(F)CCN=C3)nc21. The van der Waals surface area contributed by atoms with E-state index in [4.69, 9.17) is 4.98 Å². The molecule has 0 N–H and O–H groups in total. The highest BCUT2D eigenvalue weighted by molar-refractivity contribution is 6.12. The Morgan fingerprint density at radius 1 is 1.07 bits per heavy atom. The van der Waals surface area contributed by atoms with Gasteiger partial charge in [-0.25, -0.2) is 9.37 Å². The molecule has 1 aromatic carbocycles. The van der Waals surface area contributed by atoms with Crippen molar-refractivity contribution < 1.29 is 4.39 Å². The highest BCUT2D eigenvalue weighted by Crippen LogP contribution is 2.48. The highest BCUT2D eigenvalue weighted by Gasteiger charge is 2.42. The summed E-state index contributed by atoms with van der Waals surface area (Å²) in [6.45, 7) is 6.57. The van der Waals surface area contributed by atoms with Gasteiger partial charge >= 0.3 is 0 Å². The number of pyridine rings is 2. The number of halogens is 1. The van der Waals surface area contributed by atoms with Crippen LogP contribution in [0.4, 0.5) is 4.39 Å². The van der Waals surface area contributed by atoms with Crippen LogP contribution < -0.4 is 0 Å². The van der Waals surface area contributed by atoms with Crippen molar-refractivity contribution >= 4 is 33.7 Å². The molecule has 5 heteroatoms. The molecule has 0 bridgehead atoms. The molecule has 0 radical (unpaired) electrons. The molecular formula is C35H31FN4. The number of nitrogens with zero attached hydrogens (tertiary/aromatic N) is 4. The number of hydrogen-bond acceptors (Lipinski definition) is 3. The van der Waals surface area contributed by atoms with Gasteiger partial charge in [0.2, 0.25) is 0 Å². The van der Waals surface area contributed by atoms with Gasteiger partial charge in [-0.1, -0.05) is 79.4 Å². The highest BCUT2D eigenvalue weighted by atomic mass is 19.1. The third kappa shape index (κ3) is 4.10. The summed E-state index contributed by atoms with van der Waals surface area (Å²) in [5.41, 5.74) is 5.24. The van der Waals surface area contributed by atoms with Gasteiger partial charge < -0.3 is 4.57 Å². The quantitative estimate of drug-likeness (QED) is 0.227. The van der Waals surface area contributed by atoms with E-state index in [2.05, 4.69) is 81.8 Å². The predicted octanol–water partition coefficient (Wildman–Crippen LogP) is 8.45. The van der Waals surface area contributed by atoms with Gasteiger partial charge in [0.15, 0.2) is 0 Å². The van der Waals surface area contributed by atoms with Crippen LogP contribution in [0.3, 0.4) is 0 Å². The molecule has 4 heterocycles. The van der Waals surface area contributed by atoms with Gasteiger partial charge in [-0.2, -0.15) is 0 Å². The Labute approximate surface area is 234 Å². The Morgan fingerprint density at radius 3 is 2.70 bits per heavy atom. The molecule has 1 aliphatic carbocycles. The Morgan fingerprint density at radius 2 is 1.95 bits per heavy atom. The average molecular weight is 527 g/mol. The molecule has 40 heavy (non-hydrogen) atoms. The second-order valence-corrected chi connectivity index (χ2v) is 9.97. The maximum absolute atomic E-state index is 15.0. The van der Waals surface area contributed by atoms with E-state index < -0.39 is 5.54 Å². The fraction of sp³-hybridized carbons (Fsp3) is 0.171. The minimum Gasteiger partial charge on any atom is -0.307 e. The Kier molecular flexibility index (Phi) is 6.95. The first kappa shape index (κ1) is 25.6. The molecule has 0 fully saturated rings. The first-order valence-electron chi connectivity index (χ1n) is 13.7. The summed E-state index contributed by atoms with van der Waals surface area (Å²) < 4.78 is 17.4. The molecule has 6 rings (SSSR count). The van der Waals surface area contributed by atoms with E-state index in [0.29, 0.717) is 17.8 Å². The number of fused-ring (bicyclic) bond motifs is 3. The normalized spacial score (nSPS) is 17.6. The maximum Gasteiger partial charge on any atom is 0.143 e. The lowest BCUT2D eigenvalue weighted by Gasteiger charge is -2.41. The van der Waals surface area contributed by atoms with Crippen molar-refractivity contribution in [2.75, 3.05) is 6.54 Å². The van der Waals surface area contributed by atoms with E-state index in [1.54, 1.807) is 6.21 Å². The van der Waals surface area contributed by atoms with Crippen molar-refractivity contribution in [1.82, 2.24) is 14.5 Å². The summed E-state index contributed by atoms with van der Waals surface area (Å²) in [7, 11) is 0. The molecule has 1 unspecified atom stereocenters. The lowest BCUT2D eigenvalue weighted by molar-refractivity contribution is 0.538. The summed E-state index contributed by atoms with van der Waals surface area (Å²) in [6, 6.07) is 16.5. The zero-order valence-corrected chi connectivity index (χ0v) is 22.6. The van der Waals surface area contributed by atoms with Crippen LogP contribution in [0.15, 0.2) is 132 Å². The fourth-order valence-corrected chi connectivity index (χ4v) is 6.00. The van der Waals surface area contributed by atoms with Gasteiger partial charge in [0.05, 0.1) is 11.2 Å². The van der Waals surface area contributed by atoms with Crippen LogP contribution in [-0.4, -0.2) is 27.3 Å². The molecule has 0 amide bonds. The molecule has 0 spiro atoms. The van der Waals surface area contributed by atoms with Crippen LogP contribution in [0.5, 0.6) is 0 Å². The number of rotatable bonds is 7. The minimum absolute atomic E-state index is 0.181. The summed E-state index contributed by atoms with van der Waals surface area (Å²) in [4.78, 5) is 14.0. The molecule has 3 aromatic heterocycles. The molecule has 0 saturated carbocycles. The molecule has 4 nitrogen and oxygen atoms in total. The van der Waals surface area contributed by atoms with E-state index >= 15 is 4.39 Å². The smallest absolute Gasteiger partial charge is 0.143 e. The molecule has 1 aliphatic heterocycles. The third-order valence-electron chi connectivity index (χ3n) is 7.67. The standard InChI is InChI=1S/C35H31FN4/c1-3-11-25(12-4-2)35(26-13-7-5-8-14-26,27-15-9-6-10-16-27)40-33-20-22-38-23-29(33)28-17-18-32(39-34(28)40)30-24-37-21-19-31(30)36/h3-5,7-9,11-18,20,22-24H,1,6,10,19,21H2,2H3/b12-4-,25-11+. The summed E-state index contributed by atoms with van der Waals surface area (Å²) >= 11 is 0. The number of hydrogen-bond donors (Lipinski definition) is 0. The zero-order chi connectivity index (χ0) is 27.5. The van der Waals surface area contributed by atoms with Crippen molar-refractivity contribution in [2.45, 2.75) is 31.7 Å².